The summed E-state index contributed by atoms with van der Waals surface area (Å²) < 4.78 is 5.89. The molecule has 0 aliphatic carbocycles. The number of carbonyl (C=O) groups is 1. The maximum Gasteiger partial charge on any atom is 0.154 e. The van der Waals surface area contributed by atoms with Crippen molar-refractivity contribution in [3.63, 3.8) is 0 Å². The van der Waals surface area contributed by atoms with E-state index < -0.39 is 0 Å². The first-order valence-corrected chi connectivity index (χ1v) is 5.42. The van der Waals surface area contributed by atoms with Crippen LogP contribution in [-0.2, 0) is 11.3 Å². The predicted octanol–water partition coefficient (Wildman–Crippen LogP) is 2.89. The van der Waals surface area contributed by atoms with Gasteiger partial charge in [0.25, 0.3) is 0 Å². The van der Waals surface area contributed by atoms with Gasteiger partial charge >= 0.3 is 0 Å². The lowest BCUT2D eigenvalue weighted by Gasteiger charge is -2.10. The fraction of sp³-hybridized carbons (Fsp3) is 0.364. The van der Waals surface area contributed by atoms with E-state index in [9.17, 15) is 9.90 Å². The molecule has 0 atom stereocenters. The molecule has 0 aromatic heterocycles. The largest absolute Gasteiger partial charge is 0.506 e. The Balaban J connectivity index is 2.97. The standard InChI is InChI=1S/C11H13BrO3/c1-7(2)15-6-8-3-4-10(12)11(14)9(8)5-13/h3-5,7,14H,6H2,1-2H3. The minimum Gasteiger partial charge on any atom is -0.506 e. The lowest BCUT2D eigenvalue weighted by molar-refractivity contribution is 0.0649. The van der Waals surface area contributed by atoms with E-state index in [0.717, 1.165) is 0 Å². The SMILES string of the molecule is CC(C)OCc1ccc(Br)c(O)c1C=O. The lowest BCUT2D eigenvalue weighted by Crippen LogP contribution is -2.04. The molecule has 82 valence electrons. The van der Waals surface area contributed by atoms with Crippen LogP contribution in [0.2, 0.25) is 0 Å². The summed E-state index contributed by atoms with van der Waals surface area (Å²) in [4.78, 5) is 10.8. The number of carbonyl (C=O) groups excluding carboxylic acids is 1. The van der Waals surface area contributed by atoms with Crippen LogP contribution in [0.4, 0.5) is 0 Å². The smallest absolute Gasteiger partial charge is 0.154 e. The molecule has 0 fully saturated rings. The topological polar surface area (TPSA) is 46.5 Å². The van der Waals surface area contributed by atoms with Crippen LogP contribution in [-0.4, -0.2) is 17.5 Å². The van der Waals surface area contributed by atoms with Crippen LogP contribution in [0.15, 0.2) is 16.6 Å². The molecule has 0 bridgehead atoms. The number of phenols is 1. The van der Waals surface area contributed by atoms with Gasteiger partial charge in [-0.25, -0.2) is 0 Å². The number of hydrogen-bond acceptors (Lipinski definition) is 3. The van der Waals surface area contributed by atoms with Gasteiger partial charge in [-0.2, -0.15) is 0 Å². The third-order valence-corrected chi connectivity index (χ3v) is 2.59. The Hall–Kier alpha value is -0.870. The van der Waals surface area contributed by atoms with Crippen molar-refractivity contribution >= 4 is 22.2 Å². The second-order valence-electron chi connectivity index (χ2n) is 3.45. The van der Waals surface area contributed by atoms with Crippen molar-refractivity contribution in [1.82, 2.24) is 0 Å². The number of halogens is 1. The zero-order valence-electron chi connectivity index (χ0n) is 8.66. The average molecular weight is 273 g/mol. The van der Waals surface area contributed by atoms with Crippen molar-refractivity contribution in [2.24, 2.45) is 0 Å². The van der Waals surface area contributed by atoms with Crippen molar-refractivity contribution in [2.45, 2.75) is 26.6 Å². The number of hydrogen-bond donors (Lipinski definition) is 1. The molecule has 1 aromatic carbocycles. The van der Waals surface area contributed by atoms with Crippen molar-refractivity contribution in [3.8, 4) is 5.75 Å². The number of ether oxygens (including phenoxy) is 1. The average Bonchev–Trinajstić information content (AvgIpc) is 2.19. The zero-order chi connectivity index (χ0) is 11.4. The zero-order valence-corrected chi connectivity index (χ0v) is 10.2. The molecule has 0 radical (unpaired) electrons. The molecular weight excluding hydrogens is 260 g/mol. The second kappa shape index (κ2) is 5.28. The number of benzene rings is 1. The summed E-state index contributed by atoms with van der Waals surface area (Å²) >= 11 is 3.15. The number of aromatic hydroxyl groups is 1. The van der Waals surface area contributed by atoms with Crippen LogP contribution in [0.25, 0.3) is 0 Å². The molecule has 1 rings (SSSR count). The van der Waals surface area contributed by atoms with Crippen LogP contribution in [0, 0.1) is 0 Å². The first-order chi connectivity index (χ1) is 7.06. The molecule has 3 nitrogen and oxygen atoms in total. The fourth-order valence-electron chi connectivity index (χ4n) is 1.14. The van der Waals surface area contributed by atoms with Crippen molar-refractivity contribution in [3.05, 3.63) is 27.7 Å². The summed E-state index contributed by atoms with van der Waals surface area (Å²) in [6.07, 6.45) is 0.731. The maximum atomic E-state index is 10.8. The van der Waals surface area contributed by atoms with E-state index in [1.165, 1.54) is 0 Å². The quantitative estimate of drug-likeness (QED) is 0.858. The van der Waals surface area contributed by atoms with Crippen LogP contribution in [0.1, 0.15) is 29.8 Å². The van der Waals surface area contributed by atoms with Crippen LogP contribution in [0.3, 0.4) is 0 Å². The fourth-order valence-corrected chi connectivity index (χ4v) is 1.48. The molecule has 0 saturated heterocycles. The number of aldehydes is 1. The van der Waals surface area contributed by atoms with Gasteiger partial charge in [0.1, 0.15) is 5.75 Å². The summed E-state index contributed by atoms with van der Waals surface area (Å²) in [6.45, 7) is 4.16. The molecule has 0 aliphatic heterocycles. The Morgan fingerprint density at radius 3 is 2.73 bits per heavy atom. The molecule has 0 saturated carbocycles. The molecule has 1 N–H and O–H groups in total. The summed E-state index contributed by atoms with van der Waals surface area (Å²) in [5.74, 6) is -0.0325. The van der Waals surface area contributed by atoms with Gasteiger partial charge in [0, 0.05) is 0 Å². The third-order valence-electron chi connectivity index (χ3n) is 1.95. The monoisotopic (exact) mass is 272 g/mol. The van der Waals surface area contributed by atoms with Gasteiger partial charge in [-0.15, -0.1) is 0 Å². The Bertz CT molecular complexity index is 361. The molecule has 4 heteroatoms. The molecule has 0 amide bonds. The van der Waals surface area contributed by atoms with Gasteiger partial charge in [0.05, 0.1) is 22.7 Å². The highest BCUT2D eigenvalue weighted by Gasteiger charge is 2.10. The van der Waals surface area contributed by atoms with Crippen LogP contribution in [0.5, 0.6) is 5.75 Å². The van der Waals surface area contributed by atoms with E-state index in [0.29, 0.717) is 22.9 Å². The van der Waals surface area contributed by atoms with E-state index in [2.05, 4.69) is 15.9 Å². The summed E-state index contributed by atoms with van der Waals surface area (Å²) in [5.41, 5.74) is 0.976. The molecule has 15 heavy (non-hydrogen) atoms. The summed E-state index contributed by atoms with van der Waals surface area (Å²) in [7, 11) is 0. The van der Waals surface area contributed by atoms with Crippen molar-refractivity contribution in [2.75, 3.05) is 0 Å². The van der Waals surface area contributed by atoms with E-state index in [-0.39, 0.29) is 17.4 Å². The van der Waals surface area contributed by atoms with E-state index >= 15 is 0 Å². The summed E-state index contributed by atoms with van der Waals surface area (Å²) in [6, 6.07) is 3.46. The van der Waals surface area contributed by atoms with Gasteiger partial charge in [0.15, 0.2) is 6.29 Å². The normalized spacial score (nSPS) is 10.7. The van der Waals surface area contributed by atoms with E-state index in [4.69, 9.17) is 4.74 Å². The highest BCUT2D eigenvalue weighted by atomic mass is 79.9. The highest BCUT2D eigenvalue weighted by molar-refractivity contribution is 9.10. The molecule has 0 unspecified atom stereocenters. The van der Waals surface area contributed by atoms with Crippen LogP contribution >= 0.6 is 15.9 Å². The maximum absolute atomic E-state index is 10.8. The number of rotatable bonds is 4. The predicted molar refractivity (Wildman–Crippen MR) is 61.1 cm³/mol. The molecule has 1 aromatic rings. The lowest BCUT2D eigenvalue weighted by atomic mass is 10.1. The van der Waals surface area contributed by atoms with Crippen LogP contribution < -0.4 is 0 Å². The molecule has 0 aliphatic rings. The van der Waals surface area contributed by atoms with Crippen molar-refractivity contribution < 1.29 is 14.6 Å². The first kappa shape index (κ1) is 12.2. The highest BCUT2D eigenvalue weighted by Crippen LogP contribution is 2.29. The second-order valence-corrected chi connectivity index (χ2v) is 4.30. The minimum absolute atomic E-state index is 0.0325. The van der Waals surface area contributed by atoms with E-state index in [1.807, 2.05) is 13.8 Å². The van der Waals surface area contributed by atoms with Gasteiger partial charge in [-0.1, -0.05) is 6.07 Å². The van der Waals surface area contributed by atoms with Gasteiger partial charge < -0.3 is 9.84 Å². The summed E-state index contributed by atoms with van der Waals surface area (Å²) in [5, 5.41) is 9.61. The van der Waals surface area contributed by atoms with Gasteiger partial charge in [-0.05, 0) is 41.4 Å². The molecular formula is C11H13BrO3. The first-order valence-electron chi connectivity index (χ1n) is 4.63. The van der Waals surface area contributed by atoms with Crippen molar-refractivity contribution in [1.29, 1.82) is 0 Å². The number of phenolic OH excluding ortho intramolecular Hbond substituents is 1. The molecule has 0 spiro atoms. The van der Waals surface area contributed by atoms with Gasteiger partial charge in [0.2, 0.25) is 0 Å². The Morgan fingerprint density at radius 2 is 2.20 bits per heavy atom. The van der Waals surface area contributed by atoms with E-state index in [1.54, 1.807) is 12.1 Å². The Morgan fingerprint density at radius 1 is 1.53 bits per heavy atom. The van der Waals surface area contributed by atoms with Gasteiger partial charge in [-0.3, -0.25) is 4.79 Å². The Labute approximate surface area is 97.2 Å². The third kappa shape index (κ3) is 3.04. The Kier molecular flexibility index (Phi) is 4.29. The molecule has 0 heterocycles. The minimum atomic E-state index is -0.0325.